The monoisotopic (exact) mass is 179 g/mol. The van der Waals surface area contributed by atoms with Gasteiger partial charge in [-0.15, -0.1) is 0 Å². The van der Waals surface area contributed by atoms with Gasteiger partial charge in [-0.1, -0.05) is 0 Å². The highest BCUT2D eigenvalue weighted by Gasteiger charge is 2.24. The molecule has 2 rings (SSSR count). The molecule has 0 aliphatic carbocycles. The van der Waals surface area contributed by atoms with Gasteiger partial charge in [0.1, 0.15) is 0 Å². The summed E-state index contributed by atoms with van der Waals surface area (Å²) in [6.45, 7) is 1.59. The van der Waals surface area contributed by atoms with E-state index in [2.05, 4.69) is 10.1 Å². The highest BCUT2D eigenvalue weighted by molar-refractivity contribution is 6.02. The molecule has 1 aliphatic heterocycles. The maximum Gasteiger partial charge on any atom is 0.368 e. The van der Waals surface area contributed by atoms with Crippen LogP contribution in [0.1, 0.15) is 21.7 Å². The average Bonchev–Trinajstić information content (AvgIpc) is 2.55. The fourth-order valence-electron chi connectivity index (χ4n) is 1.18. The molecule has 6 heteroatoms. The first-order valence-electron chi connectivity index (χ1n) is 3.52. The molecule has 6 nitrogen and oxygen atoms in total. The number of amides is 1. The van der Waals surface area contributed by atoms with Crippen molar-refractivity contribution in [2.24, 2.45) is 4.99 Å². The SMILES string of the molecule is Cc1c(C(=O)O)nn2c1C=NC2=O. The third-order valence-electron chi connectivity index (χ3n) is 1.85. The molecule has 1 aromatic heterocycles. The molecule has 0 unspecified atom stereocenters. The number of aromatic nitrogens is 2. The predicted octanol–water partition coefficient (Wildman–Crippen LogP) is 0.290. The van der Waals surface area contributed by atoms with Crippen molar-refractivity contribution >= 4 is 18.2 Å². The van der Waals surface area contributed by atoms with Gasteiger partial charge in [-0.25, -0.2) is 9.59 Å². The summed E-state index contributed by atoms with van der Waals surface area (Å²) >= 11 is 0. The zero-order chi connectivity index (χ0) is 9.59. The summed E-state index contributed by atoms with van der Waals surface area (Å²) in [6, 6.07) is -0.550. The van der Waals surface area contributed by atoms with E-state index in [4.69, 9.17) is 5.11 Å². The Morgan fingerprint density at radius 1 is 1.62 bits per heavy atom. The Morgan fingerprint density at radius 3 is 2.85 bits per heavy atom. The number of carboxylic acids is 1. The number of carbonyl (C=O) groups is 2. The zero-order valence-corrected chi connectivity index (χ0v) is 6.68. The number of rotatable bonds is 1. The van der Waals surface area contributed by atoms with Crippen LogP contribution in [0.4, 0.5) is 4.79 Å². The van der Waals surface area contributed by atoms with Crippen LogP contribution in [0.5, 0.6) is 0 Å². The molecule has 0 aromatic carbocycles. The number of carboxylic acid groups (broad SMARTS) is 1. The van der Waals surface area contributed by atoms with Crippen molar-refractivity contribution in [2.45, 2.75) is 6.92 Å². The van der Waals surface area contributed by atoms with Gasteiger partial charge < -0.3 is 5.11 Å². The Labute approximate surface area is 72.5 Å². The van der Waals surface area contributed by atoms with Crippen LogP contribution in [-0.4, -0.2) is 33.1 Å². The molecule has 0 atom stereocenters. The molecule has 0 fully saturated rings. The van der Waals surface area contributed by atoms with E-state index in [9.17, 15) is 9.59 Å². The summed E-state index contributed by atoms with van der Waals surface area (Å²) in [7, 11) is 0. The maximum atomic E-state index is 11.0. The van der Waals surface area contributed by atoms with E-state index in [-0.39, 0.29) is 5.69 Å². The predicted molar refractivity (Wildman–Crippen MR) is 42.3 cm³/mol. The van der Waals surface area contributed by atoms with E-state index in [0.717, 1.165) is 4.68 Å². The Morgan fingerprint density at radius 2 is 2.31 bits per heavy atom. The number of hydrogen-bond acceptors (Lipinski definition) is 3. The van der Waals surface area contributed by atoms with Crippen LogP contribution in [0.15, 0.2) is 4.99 Å². The van der Waals surface area contributed by atoms with Crippen LogP contribution >= 0.6 is 0 Å². The van der Waals surface area contributed by atoms with Crippen LogP contribution < -0.4 is 0 Å². The first-order chi connectivity index (χ1) is 6.11. The molecule has 66 valence electrons. The minimum Gasteiger partial charge on any atom is -0.476 e. The smallest absolute Gasteiger partial charge is 0.368 e. The Balaban J connectivity index is 2.68. The lowest BCUT2D eigenvalue weighted by Crippen LogP contribution is -2.07. The van der Waals surface area contributed by atoms with Crippen LogP contribution in [0.25, 0.3) is 0 Å². The molecule has 0 bridgehead atoms. The van der Waals surface area contributed by atoms with Gasteiger partial charge >= 0.3 is 12.0 Å². The molecule has 0 saturated carbocycles. The van der Waals surface area contributed by atoms with E-state index in [0.29, 0.717) is 11.3 Å². The number of nitrogens with zero attached hydrogens (tertiary/aromatic N) is 3. The fraction of sp³-hybridized carbons (Fsp3) is 0.143. The second-order valence-corrected chi connectivity index (χ2v) is 2.62. The maximum absolute atomic E-state index is 11.0. The molecule has 0 saturated heterocycles. The van der Waals surface area contributed by atoms with Gasteiger partial charge in [-0.05, 0) is 6.92 Å². The minimum atomic E-state index is -1.14. The first-order valence-corrected chi connectivity index (χ1v) is 3.52. The quantitative estimate of drug-likeness (QED) is 0.671. The van der Waals surface area contributed by atoms with Crippen LogP contribution in [0.2, 0.25) is 0 Å². The van der Waals surface area contributed by atoms with Gasteiger partial charge in [0, 0.05) is 5.56 Å². The van der Waals surface area contributed by atoms with Gasteiger partial charge in [0.15, 0.2) is 5.69 Å². The highest BCUT2D eigenvalue weighted by atomic mass is 16.4. The topological polar surface area (TPSA) is 84.5 Å². The average molecular weight is 179 g/mol. The van der Waals surface area contributed by atoms with Crippen LogP contribution in [0.3, 0.4) is 0 Å². The lowest BCUT2D eigenvalue weighted by atomic mass is 10.2. The Bertz CT molecular complexity index is 444. The van der Waals surface area contributed by atoms with Gasteiger partial charge in [-0.3, -0.25) is 0 Å². The van der Waals surface area contributed by atoms with Crippen LogP contribution in [0, 0.1) is 6.92 Å². The number of aromatic carboxylic acids is 1. The highest BCUT2D eigenvalue weighted by Crippen LogP contribution is 2.15. The molecule has 1 aromatic rings. The zero-order valence-electron chi connectivity index (χ0n) is 6.68. The standard InChI is InChI=1S/C7H5N3O3/c1-3-4-2-8-7(13)10(4)9-5(3)6(11)12/h2H,1H3,(H,11,12). The van der Waals surface area contributed by atoms with Crippen LogP contribution in [-0.2, 0) is 0 Å². The molecule has 13 heavy (non-hydrogen) atoms. The van der Waals surface area contributed by atoms with Gasteiger partial charge in [0.25, 0.3) is 0 Å². The Hall–Kier alpha value is -1.98. The molecule has 1 N–H and O–H groups in total. The van der Waals surface area contributed by atoms with E-state index in [1.165, 1.54) is 6.21 Å². The summed E-state index contributed by atoms with van der Waals surface area (Å²) in [5.41, 5.74) is 0.805. The van der Waals surface area contributed by atoms with E-state index in [1.54, 1.807) is 6.92 Å². The van der Waals surface area contributed by atoms with E-state index >= 15 is 0 Å². The summed E-state index contributed by atoms with van der Waals surface area (Å²) < 4.78 is 0.985. The van der Waals surface area contributed by atoms with Crippen molar-refractivity contribution in [3.8, 4) is 0 Å². The minimum absolute atomic E-state index is 0.102. The van der Waals surface area contributed by atoms with Crippen molar-refractivity contribution in [2.75, 3.05) is 0 Å². The van der Waals surface area contributed by atoms with Crippen molar-refractivity contribution in [3.05, 3.63) is 17.0 Å². The summed E-state index contributed by atoms with van der Waals surface area (Å²) in [5.74, 6) is -1.14. The van der Waals surface area contributed by atoms with E-state index in [1.807, 2.05) is 0 Å². The van der Waals surface area contributed by atoms with E-state index < -0.39 is 12.0 Å². The second-order valence-electron chi connectivity index (χ2n) is 2.62. The summed E-state index contributed by atoms with van der Waals surface area (Å²) in [4.78, 5) is 25.0. The van der Waals surface area contributed by atoms with Crippen molar-refractivity contribution in [3.63, 3.8) is 0 Å². The molecule has 0 spiro atoms. The number of carbonyl (C=O) groups excluding carboxylic acids is 1. The largest absolute Gasteiger partial charge is 0.476 e. The second kappa shape index (κ2) is 2.25. The third-order valence-corrected chi connectivity index (χ3v) is 1.85. The van der Waals surface area contributed by atoms with Gasteiger partial charge in [-0.2, -0.15) is 14.8 Å². The normalized spacial score (nSPS) is 13.5. The van der Waals surface area contributed by atoms with Crippen molar-refractivity contribution in [1.29, 1.82) is 0 Å². The van der Waals surface area contributed by atoms with Gasteiger partial charge in [0.2, 0.25) is 0 Å². The molecule has 1 aliphatic rings. The summed E-state index contributed by atoms with van der Waals surface area (Å²) in [6.07, 6.45) is 1.32. The molecular formula is C7H5N3O3. The van der Waals surface area contributed by atoms with Gasteiger partial charge in [0.05, 0.1) is 11.9 Å². The molecule has 1 amide bonds. The molecular weight excluding hydrogens is 174 g/mol. The molecule has 2 heterocycles. The first kappa shape index (κ1) is 7.66. The molecule has 0 radical (unpaired) electrons. The van der Waals surface area contributed by atoms with Crippen molar-refractivity contribution < 1.29 is 14.7 Å². The summed E-state index contributed by atoms with van der Waals surface area (Å²) in [5, 5.41) is 12.3. The van der Waals surface area contributed by atoms with Crippen molar-refractivity contribution in [1.82, 2.24) is 9.78 Å². The lowest BCUT2D eigenvalue weighted by Gasteiger charge is -1.87. The number of fused-ring (bicyclic) bond motifs is 1. The number of hydrogen-bond donors (Lipinski definition) is 1. The number of aliphatic imine (C=N–C) groups is 1. The Kier molecular flexibility index (Phi) is 1.33. The third kappa shape index (κ3) is 0.883. The lowest BCUT2D eigenvalue weighted by molar-refractivity contribution is 0.0689. The fourth-order valence-corrected chi connectivity index (χ4v) is 1.18.